The van der Waals surface area contributed by atoms with Gasteiger partial charge in [0.15, 0.2) is 11.6 Å². The fourth-order valence-electron chi connectivity index (χ4n) is 3.74. The van der Waals surface area contributed by atoms with Gasteiger partial charge in [0.25, 0.3) is 5.91 Å². The van der Waals surface area contributed by atoms with Gasteiger partial charge in [-0.05, 0) is 43.7 Å². The summed E-state index contributed by atoms with van der Waals surface area (Å²) in [5.41, 5.74) is -0.639. The number of thioether (sulfide) groups is 1. The zero-order valence-electron chi connectivity index (χ0n) is 19.6. The molecule has 0 spiro atoms. The van der Waals surface area contributed by atoms with E-state index in [-0.39, 0.29) is 17.4 Å². The van der Waals surface area contributed by atoms with E-state index in [1.165, 1.54) is 23.3 Å². The number of carbonyl (C=O) groups is 1. The Kier molecular flexibility index (Phi) is 6.88. The van der Waals surface area contributed by atoms with Gasteiger partial charge >= 0.3 is 6.18 Å². The lowest BCUT2D eigenvalue weighted by Gasteiger charge is -2.26. The van der Waals surface area contributed by atoms with Gasteiger partial charge in [-0.3, -0.25) is 4.79 Å². The van der Waals surface area contributed by atoms with Crippen LogP contribution in [0.4, 0.5) is 18.9 Å². The Labute approximate surface area is 215 Å². The number of hydrogen-bond donors (Lipinski definition) is 1. The number of nitrogens with one attached hydrogen (secondary N) is 1. The highest BCUT2D eigenvalue weighted by Crippen LogP contribution is 2.34. The van der Waals surface area contributed by atoms with Crippen LogP contribution in [0.3, 0.4) is 0 Å². The second kappa shape index (κ2) is 9.97. The quantitative estimate of drug-likeness (QED) is 0.468. The first kappa shape index (κ1) is 25.5. The number of rotatable bonds is 7. The first-order valence-electron chi connectivity index (χ1n) is 11.5. The Morgan fingerprint density at radius 3 is 2.62 bits per heavy atom. The summed E-state index contributed by atoms with van der Waals surface area (Å²) in [6.07, 6.45) is -1.14. The maximum absolute atomic E-state index is 13.5. The zero-order valence-corrected chi connectivity index (χ0v) is 21.3. The van der Waals surface area contributed by atoms with Crippen LogP contribution in [0.1, 0.15) is 41.1 Å². The number of benzene rings is 1. The molecule has 2 aliphatic rings. The molecule has 1 atom stereocenters. The molecule has 196 valence electrons. The van der Waals surface area contributed by atoms with Crippen LogP contribution < -0.4 is 10.1 Å². The first-order valence-corrected chi connectivity index (χ1v) is 14.5. The molecular weight excluding hydrogens is 529 g/mol. The van der Waals surface area contributed by atoms with Crippen molar-refractivity contribution in [3.63, 3.8) is 0 Å². The van der Waals surface area contributed by atoms with Crippen molar-refractivity contribution in [1.29, 1.82) is 0 Å². The minimum absolute atomic E-state index is 0.000560. The molecule has 37 heavy (non-hydrogen) atoms. The Bertz CT molecular complexity index is 1420. The number of pyridine rings is 1. The summed E-state index contributed by atoms with van der Waals surface area (Å²) in [5.74, 6) is 2.54. The third kappa shape index (κ3) is 5.74. The maximum Gasteiger partial charge on any atom is 0.416 e. The van der Waals surface area contributed by atoms with Gasteiger partial charge in [-0.25, -0.2) is 14.2 Å². The number of alkyl halides is 3. The van der Waals surface area contributed by atoms with Gasteiger partial charge in [0, 0.05) is 28.6 Å². The van der Waals surface area contributed by atoms with Gasteiger partial charge < -0.3 is 10.1 Å². The normalized spacial score (nSPS) is 17.8. The predicted molar refractivity (Wildman–Crippen MR) is 133 cm³/mol. The van der Waals surface area contributed by atoms with E-state index in [0.29, 0.717) is 40.3 Å². The summed E-state index contributed by atoms with van der Waals surface area (Å²) in [4.78, 5) is 21.5. The van der Waals surface area contributed by atoms with Crippen molar-refractivity contribution in [1.82, 2.24) is 25.1 Å². The number of aromatic nitrogens is 4. The Morgan fingerprint density at radius 1 is 1.24 bits per heavy atom. The van der Waals surface area contributed by atoms with Gasteiger partial charge in [0.2, 0.25) is 0 Å². The fraction of sp³-hybridized carbons (Fsp3) is 0.391. The smallest absolute Gasteiger partial charge is 0.416 e. The number of hydrogen-bond acceptors (Lipinski definition) is 8. The molecule has 1 N–H and O–H groups in total. The Morgan fingerprint density at radius 2 is 2.03 bits per heavy atom. The number of carbonyl (C=O) groups excluding carboxylic acids is 1. The molecule has 4 heterocycles. The molecule has 5 rings (SSSR count). The highest BCUT2D eigenvalue weighted by atomic mass is 32.2. The summed E-state index contributed by atoms with van der Waals surface area (Å²) in [6, 6.07) is 5.61. The van der Waals surface area contributed by atoms with Crippen molar-refractivity contribution >= 4 is 33.1 Å². The van der Waals surface area contributed by atoms with Gasteiger partial charge in [0.1, 0.15) is 18.2 Å². The summed E-state index contributed by atoms with van der Waals surface area (Å²) in [6.45, 7) is 1.64. The molecule has 0 bridgehead atoms. The van der Waals surface area contributed by atoms with Crippen molar-refractivity contribution in [2.45, 2.75) is 31.7 Å². The van der Waals surface area contributed by atoms with E-state index in [0.717, 1.165) is 18.6 Å². The van der Waals surface area contributed by atoms with E-state index in [9.17, 15) is 22.2 Å². The predicted octanol–water partition coefficient (Wildman–Crippen LogP) is 4.17. The molecule has 2 aliphatic heterocycles. The molecule has 0 unspecified atom stereocenters. The molecule has 0 saturated carbocycles. The van der Waals surface area contributed by atoms with E-state index < -0.39 is 33.4 Å². The largest absolute Gasteiger partial charge is 0.489 e. The second-order valence-electron chi connectivity index (χ2n) is 8.75. The van der Waals surface area contributed by atoms with Crippen LogP contribution in [-0.4, -0.2) is 59.0 Å². The molecule has 0 radical (unpaired) electrons. The van der Waals surface area contributed by atoms with Crippen LogP contribution in [0.15, 0.2) is 47.2 Å². The van der Waals surface area contributed by atoms with E-state index in [4.69, 9.17) is 4.74 Å². The Hall–Kier alpha value is -3.13. The minimum atomic E-state index is -4.63. The zero-order chi connectivity index (χ0) is 26.2. The van der Waals surface area contributed by atoms with Crippen molar-refractivity contribution in [3.05, 3.63) is 59.8 Å². The lowest BCUT2D eigenvalue weighted by molar-refractivity contribution is -0.137. The molecular formula is C23H23F3N6O3S2. The SMILES string of the molecule is C[C@H](NC(=O)c1cc(OC2CSC2)cc(C(F)(F)F)c1)c1ncnn1-c1ccc(N=S2(=O)CCC2)cn1. The summed E-state index contributed by atoms with van der Waals surface area (Å²) >= 11 is 1.63. The minimum Gasteiger partial charge on any atom is -0.489 e. The van der Waals surface area contributed by atoms with Crippen molar-refractivity contribution < 1.29 is 26.9 Å². The van der Waals surface area contributed by atoms with Gasteiger partial charge in [-0.1, -0.05) is 0 Å². The standard InChI is InChI=1S/C23H23F3N6O3S2/c1-14(21-28-13-29-32(21)20-4-3-17(10-27-20)31-37(34)5-2-6-37)30-22(33)15-7-16(23(24,25)26)9-18(8-15)35-19-11-36-12-19/h3-4,7-10,13-14,19H,2,5-6,11-12H2,1H3,(H,30,33)/t14-/m0/s1. The monoisotopic (exact) mass is 552 g/mol. The van der Waals surface area contributed by atoms with Gasteiger partial charge in [-0.15, -0.1) is 0 Å². The average Bonchev–Trinajstić information content (AvgIpc) is 3.30. The Balaban J connectivity index is 1.34. The average molecular weight is 553 g/mol. The third-order valence-electron chi connectivity index (χ3n) is 5.86. The number of ether oxygens (including phenoxy) is 1. The highest BCUT2D eigenvalue weighted by Gasteiger charge is 2.33. The van der Waals surface area contributed by atoms with E-state index >= 15 is 0 Å². The fourth-order valence-corrected chi connectivity index (χ4v) is 5.76. The van der Waals surface area contributed by atoms with Crippen LogP contribution in [0, 0.1) is 0 Å². The molecule has 14 heteroatoms. The van der Waals surface area contributed by atoms with Crippen LogP contribution in [0.5, 0.6) is 5.75 Å². The molecule has 2 aromatic heterocycles. The maximum atomic E-state index is 13.5. The molecule has 1 amide bonds. The molecule has 1 aromatic carbocycles. The summed E-state index contributed by atoms with van der Waals surface area (Å²) in [5, 5.41) is 6.84. The molecule has 0 aliphatic carbocycles. The first-order chi connectivity index (χ1) is 17.6. The van der Waals surface area contributed by atoms with Gasteiger partial charge in [-0.2, -0.15) is 39.1 Å². The number of halogens is 3. The third-order valence-corrected chi connectivity index (χ3v) is 9.47. The summed E-state index contributed by atoms with van der Waals surface area (Å²) < 4.78 is 64.0. The van der Waals surface area contributed by atoms with Crippen LogP contribution in [0.2, 0.25) is 0 Å². The second-order valence-corrected chi connectivity index (χ2v) is 12.4. The summed E-state index contributed by atoms with van der Waals surface area (Å²) in [7, 11) is -2.17. The topological polar surface area (TPSA) is 111 Å². The molecule has 9 nitrogen and oxygen atoms in total. The van der Waals surface area contributed by atoms with Crippen molar-refractivity contribution in [2.75, 3.05) is 23.0 Å². The van der Waals surface area contributed by atoms with Crippen molar-refractivity contribution in [3.8, 4) is 11.6 Å². The number of nitrogens with zero attached hydrogens (tertiary/aromatic N) is 5. The molecule has 2 saturated heterocycles. The molecule has 3 aromatic rings. The lowest BCUT2D eigenvalue weighted by atomic mass is 10.1. The molecule has 2 fully saturated rings. The van der Waals surface area contributed by atoms with Crippen LogP contribution in [-0.2, 0) is 15.9 Å². The van der Waals surface area contributed by atoms with E-state index in [1.54, 1.807) is 30.8 Å². The van der Waals surface area contributed by atoms with Crippen LogP contribution in [0.25, 0.3) is 5.82 Å². The lowest BCUT2D eigenvalue weighted by Crippen LogP contribution is -2.32. The van der Waals surface area contributed by atoms with Gasteiger partial charge in [0.05, 0.1) is 33.2 Å². The van der Waals surface area contributed by atoms with Crippen molar-refractivity contribution in [2.24, 2.45) is 4.36 Å². The van der Waals surface area contributed by atoms with E-state index in [2.05, 4.69) is 24.7 Å². The highest BCUT2D eigenvalue weighted by molar-refractivity contribution is 8.00. The van der Waals surface area contributed by atoms with Crippen LogP contribution >= 0.6 is 11.8 Å². The number of amides is 1. The van der Waals surface area contributed by atoms with E-state index in [1.807, 2.05) is 0 Å².